The third kappa shape index (κ3) is 3.71. The summed E-state index contributed by atoms with van der Waals surface area (Å²) in [6.45, 7) is 0.728. The molecule has 1 N–H and O–H groups in total. The summed E-state index contributed by atoms with van der Waals surface area (Å²) in [5, 5.41) is 3.40. The van der Waals surface area contributed by atoms with Gasteiger partial charge >= 0.3 is 0 Å². The fourth-order valence-corrected chi connectivity index (χ4v) is 1.97. The molecular formula is C13H13BrN4O. The Balaban J connectivity index is 1.67. The number of hydrogen-bond donors (Lipinski definition) is 1. The highest BCUT2D eigenvalue weighted by Gasteiger charge is 2.20. The van der Waals surface area contributed by atoms with E-state index in [0.717, 1.165) is 16.7 Å². The summed E-state index contributed by atoms with van der Waals surface area (Å²) in [7, 11) is 0. The Hall–Kier alpha value is -1.53. The minimum absolute atomic E-state index is 0.481. The normalized spacial score (nSPS) is 14.4. The van der Waals surface area contributed by atoms with Gasteiger partial charge in [-0.1, -0.05) is 0 Å². The molecule has 5 nitrogen and oxygen atoms in total. The Labute approximate surface area is 119 Å². The van der Waals surface area contributed by atoms with Gasteiger partial charge in [-0.25, -0.2) is 4.98 Å². The summed E-state index contributed by atoms with van der Waals surface area (Å²) in [6.07, 6.45) is 9.21. The van der Waals surface area contributed by atoms with E-state index >= 15 is 0 Å². The molecule has 2 aromatic rings. The Morgan fingerprint density at radius 2 is 2.05 bits per heavy atom. The molecule has 6 heteroatoms. The topological polar surface area (TPSA) is 59.9 Å². The average molecular weight is 321 g/mol. The summed E-state index contributed by atoms with van der Waals surface area (Å²) in [5.41, 5.74) is 0.882. The third-order valence-corrected chi connectivity index (χ3v) is 3.15. The molecule has 1 fully saturated rings. The van der Waals surface area contributed by atoms with Crippen LogP contribution in [-0.2, 0) is 6.54 Å². The van der Waals surface area contributed by atoms with E-state index in [9.17, 15) is 0 Å². The maximum atomic E-state index is 5.63. The number of ether oxygens (including phenoxy) is 1. The Bertz CT molecular complexity index is 574. The first-order valence-corrected chi connectivity index (χ1v) is 6.91. The van der Waals surface area contributed by atoms with E-state index in [1.165, 1.54) is 12.8 Å². The van der Waals surface area contributed by atoms with E-state index in [0.29, 0.717) is 17.7 Å². The first-order valence-electron chi connectivity index (χ1n) is 6.12. The molecule has 0 amide bonds. The lowest BCUT2D eigenvalue weighted by Crippen LogP contribution is -2.16. The van der Waals surface area contributed by atoms with Crippen LogP contribution >= 0.6 is 15.9 Å². The minimum Gasteiger partial charge on any atom is -0.436 e. The summed E-state index contributed by atoms with van der Waals surface area (Å²) >= 11 is 3.35. The van der Waals surface area contributed by atoms with Gasteiger partial charge in [0, 0.05) is 29.5 Å². The van der Waals surface area contributed by atoms with Crippen molar-refractivity contribution in [1.82, 2.24) is 20.3 Å². The van der Waals surface area contributed by atoms with Gasteiger partial charge in [0.2, 0.25) is 5.88 Å². The molecule has 0 spiro atoms. The smallest absolute Gasteiger partial charge is 0.238 e. The van der Waals surface area contributed by atoms with Crippen molar-refractivity contribution in [3.05, 3.63) is 41.0 Å². The average Bonchev–Trinajstić information content (AvgIpc) is 3.21. The molecule has 2 heterocycles. The maximum Gasteiger partial charge on any atom is 0.238 e. The molecule has 0 radical (unpaired) electrons. The lowest BCUT2D eigenvalue weighted by atomic mass is 10.4. The van der Waals surface area contributed by atoms with E-state index in [-0.39, 0.29) is 0 Å². The Kier molecular flexibility index (Phi) is 3.70. The predicted molar refractivity (Wildman–Crippen MR) is 73.9 cm³/mol. The van der Waals surface area contributed by atoms with Crippen molar-refractivity contribution in [3.8, 4) is 11.6 Å². The molecular weight excluding hydrogens is 308 g/mol. The molecule has 3 rings (SSSR count). The van der Waals surface area contributed by atoms with Crippen molar-refractivity contribution in [3.63, 3.8) is 0 Å². The first-order chi connectivity index (χ1) is 9.29. The summed E-state index contributed by atoms with van der Waals surface area (Å²) in [4.78, 5) is 12.6. The number of pyridine rings is 1. The largest absolute Gasteiger partial charge is 0.436 e. The van der Waals surface area contributed by atoms with Crippen LogP contribution in [-0.4, -0.2) is 21.0 Å². The molecule has 98 valence electrons. The van der Waals surface area contributed by atoms with Crippen molar-refractivity contribution in [2.75, 3.05) is 0 Å². The summed E-state index contributed by atoms with van der Waals surface area (Å²) in [6, 6.07) is 2.49. The number of halogens is 1. The predicted octanol–water partition coefficient (Wildman–Crippen LogP) is 2.68. The van der Waals surface area contributed by atoms with Crippen LogP contribution in [0.1, 0.15) is 18.5 Å². The van der Waals surface area contributed by atoms with Crippen molar-refractivity contribution in [2.24, 2.45) is 0 Å². The summed E-state index contributed by atoms with van der Waals surface area (Å²) in [5.74, 6) is 1.12. The van der Waals surface area contributed by atoms with Crippen LogP contribution in [0.3, 0.4) is 0 Å². The van der Waals surface area contributed by atoms with E-state index in [1.54, 1.807) is 24.8 Å². The Morgan fingerprint density at radius 1 is 1.21 bits per heavy atom. The molecule has 0 atom stereocenters. The third-order valence-electron chi connectivity index (χ3n) is 2.71. The zero-order valence-corrected chi connectivity index (χ0v) is 11.8. The second-order valence-electron chi connectivity index (χ2n) is 4.44. The van der Waals surface area contributed by atoms with Gasteiger partial charge in [0.1, 0.15) is 5.75 Å². The van der Waals surface area contributed by atoms with Crippen molar-refractivity contribution >= 4 is 15.9 Å². The van der Waals surface area contributed by atoms with Crippen molar-refractivity contribution in [1.29, 1.82) is 0 Å². The Morgan fingerprint density at radius 3 is 2.84 bits per heavy atom. The van der Waals surface area contributed by atoms with E-state index in [4.69, 9.17) is 4.74 Å². The van der Waals surface area contributed by atoms with Crippen LogP contribution in [0.2, 0.25) is 0 Å². The van der Waals surface area contributed by atoms with Crippen molar-refractivity contribution in [2.45, 2.75) is 25.4 Å². The maximum absolute atomic E-state index is 5.63. The molecule has 0 saturated heterocycles. The second-order valence-corrected chi connectivity index (χ2v) is 5.36. The molecule has 1 saturated carbocycles. The van der Waals surface area contributed by atoms with Crippen LogP contribution in [0.5, 0.6) is 11.6 Å². The van der Waals surface area contributed by atoms with Gasteiger partial charge < -0.3 is 10.1 Å². The highest BCUT2D eigenvalue weighted by atomic mass is 79.9. The van der Waals surface area contributed by atoms with Gasteiger partial charge in [-0.3, -0.25) is 9.97 Å². The zero-order chi connectivity index (χ0) is 13.1. The summed E-state index contributed by atoms with van der Waals surface area (Å²) < 4.78 is 6.49. The van der Waals surface area contributed by atoms with Gasteiger partial charge in [-0.05, 0) is 34.8 Å². The van der Waals surface area contributed by atoms with E-state index in [2.05, 4.69) is 36.2 Å². The molecule has 1 aliphatic carbocycles. The van der Waals surface area contributed by atoms with E-state index in [1.807, 2.05) is 6.07 Å². The second kappa shape index (κ2) is 5.63. The quantitative estimate of drug-likeness (QED) is 0.917. The monoisotopic (exact) mass is 320 g/mol. The number of aromatic nitrogens is 3. The van der Waals surface area contributed by atoms with Gasteiger partial charge in [-0.2, -0.15) is 0 Å². The minimum atomic E-state index is 0.481. The molecule has 0 bridgehead atoms. The number of rotatable bonds is 5. The van der Waals surface area contributed by atoms with Gasteiger partial charge in [0.05, 0.1) is 18.1 Å². The van der Waals surface area contributed by atoms with Crippen LogP contribution in [0.4, 0.5) is 0 Å². The lowest BCUT2D eigenvalue weighted by Gasteiger charge is -2.06. The molecule has 19 heavy (non-hydrogen) atoms. The lowest BCUT2D eigenvalue weighted by molar-refractivity contribution is 0.453. The van der Waals surface area contributed by atoms with Crippen LogP contribution in [0.25, 0.3) is 0 Å². The molecule has 0 aromatic carbocycles. The molecule has 0 aliphatic heterocycles. The zero-order valence-electron chi connectivity index (χ0n) is 10.2. The number of nitrogens with one attached hydrogen (secondary N) is 1. The van der Waals surface area contributed by atoms with Crippen molar-refractivity contribution < 1.29 is 4.74 Å². The van der Waals surface area contributed by atoms with Crippen LogP contribution in [0, 0.1) is 0 Å². The molecule has 0 unspecified atom stereocenters. The fourth-order valence-electron chi connectivity index (χ4n) is 1.63. The standard InChI is InChI=1S/C13H13BrN4O/c14-9-3-12(7-15-4-9)19-13-8-16-5-11(18-13)6-17-10-1-2-10/h3-5,7-8,10,17H,1-2,6H2. The number of hydrogen-bond acceptors (Lipinski definition) is 5. The van der Waals surface area contributed by atoms with Crippen LogP contribution < -0.4 is 10.1 Å². The molecule has 1 aliphatic rings. The highest BCUT2D eigenvalue weighted by Crippen LogP contribution is 2.22. The molecule has 2 aromatic heterocycles. The van der Waals surface area contributed by atoms with E-state index < -0.39 is 0 Å². The number of nitrogens with zero attached hydrogens (tertiary/aromatic N) is 3. The van der Waals surface area contributed by atoms with Gasteiger partial charge in [0.15, 0.2) is 0 Å². The van der Waals surface area contributed by atoms with Gasteiger partial charge in [-0.15, -0.1) is 0 Å². The van der Waals surface area contributed by atoms with Crippen LogP contribution in [0.15, 0.2) is 35.3 Å². The SMILES string of the molecule is Brc1cncc(Oc2cncc(CNC3CC3)n2)c1. The first kappa shape index (κ1) is 12.5. The van der Waals surface area contributed by atoms with Gasteiger partial charge in [0.25, 0.3) is 0 Å². The highest BCUT2D eigenvalue weighted by molar-refractivity contribution is 9.10. The fraction of sp³-hybridized carbons (Fsp3) is 0.308.